The number of amides is 1. The summed E-state index contributed by atoms with van der Waals surface area (Å²) in [5, 5.41) is 10.4. The van der Waals surface area contributed by atoms with E-state index in [4.69, 9.17) is 5.11 Å². The van der Waals surface area contributed by atoms with Gasteiger partial charge < -0.3 is 10.4 Å². The lowest BCUT2D eigenvalue weighted by molar-refractivity contribution is -0.201. The number of carbonyl (C=O) groups excluding carboxylic acids is 1. The molecule has 0 bridgehead atoms. The molecule has 0 aromatic heterocycles. The molecule has 1 amide bonds. The van der Waals surface area contributed by atoms with Gasteiger partial charge in [0.05, 0.1) is 12.1 Å². The van der Waals surface area contributed by atoms with Crippen LogP contribution >= 0.6 is 0 Å². The van der Waals surface area contributed by atoms with Crippen LogP contribution in [0.2, 0.25) is 0 Å². The summed E-state index contributed by atoms with van der Waals surface area (Å²) in [4.78, 5) is 11.3. The van der Waals surface area contributed by atoms with E-state index in [0.717, 1.165) is 12.1 Å². The highest BCUT2D eigenvalue weighted by Crippen LogP contribution is 2.19. The lowest BCUT2D eigenvalue weighted by atomic mass is 10.2. The van der Waals surface area contributed by atoms with Crippen LogP contribution in [-0.4, -0.2) is 29.8 Å². The number of aliphatic hydroxyl groups is 1. The molecule has 0 radical (unpaired) electrons. The van der Waals surface area contributed by atoms with Crippen LogP contribution < -0.4 is 5.32 Å². The third kappa shape index (κ3) is 3.70. The quantitative estimate of drug-likeness (QED) is 0.799. The van der Waals surface area contributed by atoms with Gasteiger partial charge in [-0.05, 0) is 12.1 Å². The predicted octanol–water partition coefficient (Wildman–Crippen LogP) is 1.48. The third-order valence-electron chi connectivity index (χ3n) is 1.95. The Bertz CT molecular complexity index is 406. The van der Waals surface area contributed by atoms with Crippen LogP contribution in [0.25, 0.3) is 0 Å². The molecular formula is C10H9F4NO2. The van der Waals surface area contributed by atoms with Gasteiger partial charge in [0.1, 0.15) is 5.82 Å². The molecule has 3 nitrogen and oxygen atoms in total. The summed E-state index contributed by atoms with van der Waals surface area (Å²) in [5.74, 6) is -1.85. The van der Waals surface area contributed by atoms with Crippen LogP contribution in [0.5, 0.6) is 0 Å². The van der Waals surface area contributed by atoms with Crippen LogP contribution in [0.15, 0.2) is 24.3 Å². The Morgan fingerprint density at radius 1 is 1.35 bits per heavy atom. The first-order chi connectivity index (χ1) is 7.82. The minimum atomic E-state index is -4.82. The first kappa shape index (κ1) is 13.4. The molecule has 0 spiro atoms. The van der Waals surface area contributed by atoms with Gasteiger partial charge in [0.25, 0.3) is 5.91 Å². The molecule has 1 aromatic rings. The Morgan fingerprint density at radius 3 is 2.47 bits per heavy atom. The fourth-order valence-electron chi connectivity index (χ4n) is 1.05. The van der Waals surface area contributed by atoms with Crippen molar-refractivity contribution in [3.63, 3.8) is 0 Å². The fourth-order valence-corrected chi connectivity index (χ4v) is 1.05. The van der Waals surface area contributed by atoms with E-state index in [-0.39, 0.29) is 5.56 Å². The van der Waals surface area contributed by atoms with Gasteiger partial charge in [-0.15, -0.1) is 0 Å². The zero-order valence-corrected chi connectivity index (χ0v) is 8.46. The topological polar surface area (TPSA) is 49.3 Å². The van der Waals surface area contributed by atoms with Gasteiger partial charge in [0, 0.05) is 0 Å². The smallest absolute Gasteiger partial charge is 0.382 e. The van der Waals surface area contributed by atoms with E-state index >= 15 is 0 Å². The van der Waals surface area contributed by atoms with Crippen molar-refractivity contribution in [3.05, 3.63) is 35.6 Å². The van der Waals surface area contributed by atoms with E-state index < -0.39 is 30.5 Å². The van der Waals surface area contributed by atoms with Crippen LogP contribution in [-0.2, 0) is 0 Å². The van der Waals surface area contributed by atoms with E-state index in [1.54, 1.807) is 5.32 Å². The van der Waals surface area contributed by atoms with E-state index in [2.05, 4.69) is 0 Å². The summed E-state index contributed by atoms with van der Waals surface area (Å²) in [6.45, 7) is -1.02. The predicted molar refractivity (Wildman–Crippen MR) is 50.8 cm³/mol. The molecule has 94 valence electrons. The molecule has 1 atom stereocenters. The average Bonchev–Trinajstić information content (AvgIpc) is 2.24. The number of nitrogens with one attached hydrogen (secondary N) is 1. The molecule has 0 saturated carbocycles. The zero-order chi connectivity index (χ0) is 13.1. The van der Waals surface area contributed by atoms with Gasteiger partial charge in [-0.1, -0.05) is 12.1 Å². The van der Waals surface area contributed by atoms with Crippen molar-refractivity contribution in [1.29, 1.82) is 0 Å². The molecule has 17 heavy (non-hydrogen) atoms. The van der Waals surface area contributed by atoms with Crippen LogP contribution in [0.1, 0.15) is 10.4 Å². The minimum Gasteiger partial charge on any atom is -0.382 e. The number of hydrogen-bond acceptors (Lipinski definition) is 2. The maximum Gasteiger partial charge on any atom is 0.416 e. The van der Waals surface area contributed by atoms with Crippen LogP contribution in [0.3, 0.4) is 0 Å². The first-order valence-corrected chi connectivity index (χ1v) is 4.60. The van der Waals surface area contributed by atoms with Crippen LogP contribution in [0, 0.1) is 5.82 Å². The first-order valence-electron chi connectivity index (χ1n) is 4.60. The lowest BCUT2D eigenvalue weighted by Gasteiger charge is -2.15. The summed E-state index contributed by atoms with van der Waals surface area (Å²) in [5.41, 5.74) is -0.373. The largest absolute Gasteiger partial charge is 0.416 e. The Balaban J connectivity index is 2.60. The van der Waals surface area contributed by atoms with E-state index in [1.165, 1.54) is 12.1 Å². The van der Waals surface area contributed by atoms with E-state index in [1.807, 2.05) is 0 Å². The van der Waals surface area contributed by atoms with Crippen molar-refractivity contribution in [2.45, 2.75) is 12.3 Å². The monoisotopic (exact) mass is 251 g/mol. The second-order valence-electron chi connectivity index (χ2n) is 3.25. The SMILES string of the molecule is O=C(NCC(O)C(F)(F)F)c1ccccc1F. The molecule has 0 heterocycles. The maximum atomic E-state index is 13.1. The zero-order valence-electron chi connectivity index (χ0n) is 8.46. The molecule has 2 N–H and O–H groups in total. The van der Waals surface area contributed by atoms with Gasteiger partial charge in [-0.2, -0.15) is 13.2 Å². The second-order valence-corrected chi connectivity index (χ2v) is 3.25. The summed E-state index contributed by atoms with van der Waals surface area (Å²) in [6, 6.07) is 4.86. The highest BCUT2D eigenvalue weighted by atomic mass is 19.4. The molecule has 0 saturated heterocycles. The van der Waals surface area contributed by atoms with Gasteiger partial charge >= 0.3 is 6.18 Å². The van der Waals surface area contributed by atoms with Crippen LogP contribution in [0.4, 0.5) is 17.6 Å². The Labute approximate surface area is 94.1 Å². The molecule has 0 fully saturated rings. The molecule has 1 aromatic carbocycles. The number of carbonyl (C=O) groups is 1. The number of rotatable bonds is 3. The van der Waals surface area contributed by atoms with Crippen molar-refractivity contribution in [2.75, 3.05) is 6.54 Å². The average molecular weight is 251 g/mol. The number of halogens is 4. The van der Waals surface area contributed by atoms with Gasteiger partial charge in [-0.3, -0.25) is 4.79 Å². The summed E-state index contributed by atoms with van der Waals surface area (Å²) in [6.07, 6.45) is -7.49. The van der Waals surface area contributed by atoms with Crippen molar-refractivity contribution in [2.24, 2.45) is 0 Å². The third-order valence-corrected chi connectivity index (χ3v) is 1.95. The Hall–Kier alpha value is -1.63. The molecular weight excluding hydrogens is 242 g/mol. The highest BCUT2D eigenvalue weighted by molar-refractivity contribution is 5.94. The minimum absolute atomic E-state index is 0.373. The maximum absolute atomic E-state index is 13.1. The lowest BCUT2D eigenvalue weighted by Crippen LogP contribution is -2.40. The summed E-state index contributed by atoms with van der Waals surface area (Å²) >= 11 is 0. The molecule has 0 aliphatic heterocycles. The highest BCUT2D eigenvalue weighted by Gasteiger charge is 2.38. The van der Waals surface area contributed by atoms with E-state index in [9.17, 15) is 22.4 Å². The van der Waals surface area contributed by atoms with Gasteiger partial charge in [0.2, 0.25) is 0 Å². The second kappa shape index (κ2) is 5.13. The van der Waals surface area contributed by atoms with Gasteiger partial charge in [0.15, 0.2) is 6.10 Å². The number of hydrogen-bond donors (Lipinski definition) is 2. The standard InChI is InChI=1S/C10H9F4NO2/c11-7-4-2-1-3-6(7)9(17)15-5-8(16)10(12,13)14/h1-4,8,16H,5H2,(H,15,17). The Morgan fingerprint density at radius 2 is 1.94 bits per heavy atom. The molecule has 1 unspecified atom stereocenters. The number of benzene rings is 1. The van der Waals surface area contributed by atoms with Crippen molar-refractivity contribution in [3.8, 4) is 0 Å². The molecule has 0 aliphatic carbocycles. The van der Waals surface area contributed by atoms with Crippen molar-refractivity contribution < 1.29 is 27.5 Å². The Kier molecular flexibility index (Phi) is 4.06. The van der Waals surface area contributed by atoms with Crippen molar-refractivity contribution >= 4 is 5.91 Å². The normalized spacial score (nSPS) is 13.2. The van der Waals surface area contributed by atoms with Crippen molar-refractivity contribution in [1.82, 2.24) is 5.32 Å². The molecule has 0 aliphatic rings. The number of alkyl halides is 3. The molecule has 7 heteroatoms. The number of aliphatic hydroxyl groups excluding tert-OH is 1. The molecule has 1 rings (SSSR count). The summed E-state index contributed by atoms with van der Waals surface area (Å²) < 4.78 is 48.8. The summed E-state index contributed by atoms with van der Waals surface area (Å²) in [7, 11) is 0. The fraction of sp³-hybridized carbons (Fsp3) is 0.300. The van der Waals surface area contributed by atoms with Gasteiger partial charge in [-0.25, -0.2) is 4.39 Å². The van der Waals surface area contributed by atoms with E-state index in [0.29, 0.717) is 0 Å².